The number of H-pyrrole nitrogens is 1. The molecule has 0 saturated heterocycles. The number of hydrogen-bond acceptors (Lipinski definition) is 7. The molecule has 3 aromatic rings. The average Bonchev–Trinajstić information content (AvgIpc) is 3.21. The number of amides is 1. The lowest BCUT2D eigenvalue weighted by Gasteiger charge is -2.19. The first-order chi connectivity index (χ1) is 12.7. The van der Waals surface area contributed by atoms with E-state index in [0.29, 0.717) is 16.0 Å². The van der Waals surface area contributed by atoms with Gasteiger partial charge in [0.2, 0.25) is 0 Å². The molecule has 0 spiro atoms. The van der Waals surface area contributed by atoms with Crippen molar-refractivity contribution in [2.24, 2.45) is 0 Å². The van der Waals surface area contributed by atoms with Crippen molar-refractivity contribution in [1.82, 2.24) is 20.4 Å². The molecule has 0 unspecified atom stereocenters. The number of ether oxygens (including phenoxy) is 1. The number of carbonyl (C=O) groups excluding carboxylic acids is 1. The maximum absolute atomic E-state index is 12.2. The lowest BCUT2D eigenvalue weighted by Crippen LogP contribution is -2.33. The first kappa shape index (κ1) is 20.6. The Kier molecular flexibility index (Phi) is 6.73. The predicted octanol–water partition coefficient (Wildman–Crippen LogP) is 4.08. The molecule has 0 aliphatic carbocycles. The van der Waals surface area contributed by atoms with Crippen molar-refractivity contribution in [3.63, 3.8) is 0 Å². The Balaban J connectivity index is 0.000000817. The molecule has 3 aromatic heterocycles. The third-order valence-corrected chi connectivity index (χ3v) is 4.12. The number of aromatic nitrogens is 3. The summed E-state index contributed by atoms with van der Waals surface area (Å²) in [5.74, 6) is 0.355. The zero-order valence-electron chi connectivity index (χ0n) is 16.1. The van der Waals surface area contributed by atoms with Crippen molar-refractivity contribution in [2.75, 3.05) is 0 Å². The summed E-state index contributed by atoms with van der Waals surface area (Å²) in [7, 11) is 0. The summed E-state index contributed by atoms with van der Waals surface area (Å²) >= 11 is 1.30. The first-order valence-electron chi connectivity index (χ1n) is 8.62. The Morgan fingerprint density at radius 1 is 1.37 bits per heavy atom. The van der Waals surface area contributed by atoms with Gasteiger partial charge in [0.05, 0.1) is 23.8 Å². The van der Waals surface area contributed by atoms with E-state index in [9.17, 15) is 9.59 Å². The van der Waals surface area contributed by atoms with Crippen LogP contribution in [0.1, 0.15) is 46.9 Å². The lowest BCUT2D eigenvalue weighted by molar-refractivity contribution is 0.0522. The van der Waals surface area contributed by atoms with Crippen LogP contribution in [0, 0.1) is 0 Å². The van der Waals surface area contributed by atoms with E-state index in [1.54, 1.807) is 33.0 Å². The number of alkyl carbamates (subject to hydrolysis) is 1. The summed E-state index contributed by atoms with van der Waals surface area (Å²) < 4.78 is 10.5. The van der Waals surface area contributed by atoms with Crippen molar-refractivity contribution in [3.05, 3.63) is 34.7 Å². The highest BCUT2D eigenvalue weighted by molar-refractivity contribution is 7.22. The van der Waals surface area contributed by atoms with E-state index >= 15 is 0 Å². The quantitative estimate of drug-likeness (QED) is 0.695. The van der Waals surface area contributed by atoms with Gasteiger partial charge in [0.1, 0.15) is 22.4 Å². The standard InChI is InChI=1S/C15H16N4O4S.C3H8/c1-15(2,3)23-14(21)16-6-11-18-9-4-10(8-5-17-22-7-8)24-12(9)13(20)19-11;1-3-2/h4-5,7H,6H2,1-3H3,(H,16,21)(H,18,19,20);3H2,1-2H3. The van der Waals surface area contributed by atoms with E-state index in [-0.39, 0.29) is 12.1 Å². The Labute approximate surface area is 160 Å². The number of carbonyl (C=O) groups is 1. The summed E-state index contributed by atoms with van der Waals surface area (Å²) in [6.45, 7) is 9.64. The monoisotopic (exact) mass is 392 g/mol. The maximum atomic E-state index is 12.2. The molecule has 0 aromatic carbocycles. The number of fused-ring (bicyclic) bond motifs is 1. The normalized spacial score (nSPS) is 11.0. The van der Waals surface area contributed by atoms with Crippen LogP contribution in [0.2, 0.25) is 0 Å². The van der Waals surface area contributed by atoms with Crippen molar-refractivity contribution in [1.29, 1.82) is 0 Å². The average molecular weight is 392 g/mol. The van der Waals surface area contributed by atoms with Gasteiger partial charge in [-0.1, -0.05) is 25.4 Å². The molecule has 1 amide bonds. The minimum absolute atomic E-state index is 0.0680. The van der Waals surface area contributed by atoms with Crippen LogP contribution in [0.5, 0.6) is 0 Å². The van der Waals surface area contributed by atoms with Crippen molar-refractivity contribution in [3.8, 4) is 10.4 Å². The number of rotatable bonds is 3. The maximum Gasteiger partial charge on any atom is 0.408 e. The van der Waals surface area contributed by atoms with Crippen LogP contribution in [-0.4, -0.2) is 26.8 Å². The van der Waals surface area contributed by atoms with E-state index in [1.165, 1.54) is 24.0 Å². The summed E-state index contributed by atoms with van der Waals surface area (Å²) in [5, 5.41) is 6.22. The second kappa shape index (κ2) is 8.81. The van der Waals surface area contributed by atoms with Gasteiger partial charge in [-0.3, -0.25) is 4.79 Å². The molecule has 0 fully saturated rings. The van der Waals surface area contributed by atoms with E-state index in [0.717, 1.165) is 10.4 Å². The van der Waals surface area contributed by atoms with Gasteiger partial charge in [0.15, 0.2) is 0 Å². The molecule has 0 aliphatic heterocycles. The zero-order valence-corrected chi connectivity index (χ0v) is 16.9. The van der Waals surface area contributed by atoms with Gasteiger partial charge < -0.3 is 19.6 Å². The second-order valence-electron chi connectivity index (χ2n) is 6.81. The molecule has 2 N–H and O–H groups in total. The lowest BCUT2D eigenvalue weighted by atomic mass is 10.2. The van der Waals surface area contributed by atoms with E-state index in [1.807, 2.05) is 0 Å². The fourth-order valence-corrected chi connectivity index (χ4v) is 2.97. The topological polar surface area (TPSA) is 110 Å². The molecule has 146 valence electrons. The minimum Gasteiger partial charge on any atom is -0.444 e. The molecule has 8 nitrogen and oxygen atoms in total. The van der Waals surface area contributed by atoms with Gasteiger partial charge in [-0.25, -0.2) is 9.78 Å². The highest BCUT2D eigenvalue weighted by atomic mass is 32.1. The van der Waals surface area contributed by atoms with E-state index < -0.39 is 11.7 Å². The summed E-state index contributed by atoms with van der Waals surface area (Å²) in [6.07, 6.45) is 3.76. The zero-order chi connectivity index (χ0) is 20.0. The van der Waals surface area contributed by atoms with Crippen molar-refractivity contribution < 1.29 is 14.1 Å². The first-order valence-corrected chi connectivity index (χ1v) is 9.44. The molecule has 0 bridgehead atoms. The van der Waals surface area contributed by atoms with E-state index in [4.69, 9.17) is 9.26 Å². The number of nitrogens with one attached hydrogen (secondary N) is 2. The number of nitrogens with zero attached hydrogens (tertiary/aromatic N) is 2. The van der Waals surface area contributed by atoms with Crippen molar-refractivity contribution in [2.45, 2.75) is 53.2 Å². The smallest absolute Gasteiger partial charge is 0.408 e. The van der Waals surface area contributed by atoms with Crippen LogP contribution in [0.25, 0.3) is 20.7 Å². The Morgan fingerprint density at radius 2 is 2.07 bits per heavy atom. The molecule has 0 radical (unpaired) electrons. The molecular formula is C18H24N4O4S. The molecule has 0 aliphatic rings. The third-order valence-electron chi connectivity index (χ3n) is 2.95. The third kappa shape index (κ3) is 5.92. The van der Waals surface area contributed by atoms with Gasteiger partial charge in [-0.05, 0) is 26.8 Å². The minimum atomic E-state index is -0.588. The largest absolute Gasteiger partial charge is 0.444 e. The van der Waals surface area contributed by atoms with Gasteiger partial charge in [-0.2, -0.15) is 0 Å². The van der Waals surface area contributed by atoms with Gasteiger partial charge in [0, 0.05) is 4.88 Å². The van der Waals surface area contributed by atoms with Gasteiger partial charge >= 0.3 is 6.09 Å². The number of aromatic amines is 1. The van der Waals surface area contributed by atoms with Crippen LogP contribution in [0.3, 0.4) is 0 Å². The molecule has 0 atom stereocenters. The van der Waals surface area contributed by atoms with Crippen molar-refractivity contribution >= 4 is 27.6 Å². The highest BCUT2D eigenvalue weighted by Crippen LogP contribution is 2.30. The van der Waals surface area contributed by atoms with E-state index in [2.05, 4.69) is 34.3 Å². The molecule has 27 heavy (non-hydrogen) atoms. The fourth-order valence-electron chi connectivity index (χ4n) is 2.01. The second-order valence-corrected chi connectivity index (χ2v) is 7.87. The van der Waals surface area contributed by atoms with Gasteiger partial charge in [-0.15, -0.1) is 11.3 Å². The Hall–Kier alpha value is -2.68. The molecule has 3 heterocycles. The van der Waals surface area contributed by atoms with Crippen LogP contribution in [0.15, 0.2) is 27.8 Å². The molecule has 3 rings (SSSR count). The van der Waals surface area contributed by atoms with Crippen LogP contribution >= 0.6 is 11.3 Å². The van der Waals surface area contributed by atoms with Crippen LogP contribution < -0.4 is 10.9 Å². The SMILES string of the molecule is CC(C)(C)OC(=O)NCc1nc2cc(-c3cnoc3)sc2c(=O)[nH]1.CCC. The summed E-state index contributed by atoms with van der Waals surface area (Å²) in [6, 6.07) is 1.79. The number of thiophene rings is 1. The summed E-state index contributed by atoms with van der Waals surface area (Å²) in [4.78, 5) is 31.7. The molecular weight excluding hydrogens is 368 g/mol. The Bertz CT molecular complexity index is 939. The number of hydrogen-bond donors (Lipinski definition) is 2. The van der Waals surface area contributed by atoms with Crippen LogP contribution in [0.4, 0.5) is 4.79 Å². The Morgan fingerprint density at radius 3 is 2.67 bits per heavy atom. The molecule has 9 heteroatoms. The van der Waals surface area contributed by atoms with Crippen LogP contribution in [-0.2, 0) is 11.3 Å². The fraction of sp³-hybridized carbons (Fsp3) is 0.444. The highest BCUT2D eigenvalue weighted by Gasteiger charge is 2.16. The molecule has 0 saturated carbocycles. The summed E-state index contributed by atoms with van der Waals surface area (Å²) in [5.41, 5.74) is 0.496. The van der Waals surface area contributed by atoms with Gasteiger partial charge in [0.25, 0.3) is 5.56 Å². The predicted molar refractivity (Wildman–Crippen MR) is 105 cm³/mol.